The van der Waals surface area contributed by atoms with Crippen molar-refractivity contribution in [2.24, 2.45) is 0 Å². The Bertz CT molecular complexity index is 885. The molecular weight excluding hydrogens is 356 g/mol. The summed E-state index contributed by atoms with van der Waals surface area (Å²) in [5, 5.41) is 0. The van der Waals surface area contributed by atoms with Gasteiger partial charge in [-0.2, -0.15) is 0 Å². The molecule has 28 heavy (non-hydrogen) atoms. The van der Waals surface area contributed by atoms with Crippen LogP contribution in [0.5, 0.6) is 23.0 Å². The van der Waals surface area contributed by atoms with Crippen molar-refractivity contribution in [1.29, 1.82) is 0 Å². The Morgan fingerprint density at radius 2 is 1.68 bits per heavy atom. The van der Waals surface area contributed by atoms with Crippen molar-refractivity contribution >= 4 is 5.78 Å². The summed E-state index contributed by atoms with van der Waals surface area (Å²) in [5.74, 6) is 2.70. The Balaban J connectivity index is 2.15. The maximum Gasteiger partial charge on any atom is 0.167 e. The van der Waals surface area contributed by atoms with Gasteiger partial charge in [0.25, 0.3) is 0 Å². The quantitative estimate of drug-likeness (QED) is 0.719. The molecule has 0 aromatic heterocycles. The highest BCUT2D eigenvalue weighted by Crippen LogP contribution is 2.51. The SMILES string of the molecule is CCOc1cc(OC)cc2c1C(=O)CC(c1ccc(OC)c(OC)c1)C2(C)C. The third kappa shape index (κ3) is 3.30. The Morgan fingerprint density at radius 1 is 0.964 bits per heavy atom. The molecule has 150 valence electrons. The van der Waals surface area contributed by atoms with Gasteiger partial charge in [0, 0.05) is 18.4 Å². The van der Waals surface area contributed by atoms with E-state index in [0.29, 0.717) is 41.6 Å². The molecule has 3 rings (SSSR count). The van der Waals surface area contributed by atoms with Gasteiger partial charge in [-0.1, -0.05) is 19.9 Å². The molecule has 1 atom stereocenters. The molecule has 1 unspecified atom stereocenters. The number of carbonyl (C=O) groups excluding carboxylic acids is 1. The van der Waals surface area contributed by atoms with Crippen molar-refractivity contribution in [1.82, 2.24) is 0 Å². The first-order valence-electron chi connectivity index (χ1n) is 9.47. The van der Waals surface area contributed by atoms with Crippen molar-refractivity contribution < 1.29 is 23.7 Å². The van der Waals surface area contributed by atoms with Gasteiger partial charge >= 0.3 is 0 Å². The number of Topliss-reactive ketones (excluding diaryl/α,β-unsaturated/α-hetero) is 1. The van der Waals surface area contributed by atoms with Crippen LogP contribution < -0.4 is 18.9 Å². The second kappa shape index (κ2) is 7.74. The fourth-order valence-corrected chi connectivity index (χ4v) is 4.11. The maximum absolute atomic E-state index is 13.2. The molecule has 0 spiro atoms. The van der Waals surface area contributed by atoms with Crippen molar-refractivity contribution in [3.8, 4) is 23.0 Å². The molecule has 5 heteroatoms. The molecule has 0 amide bonds. The third-order valence-corrected chi connectivity index (χ3v) is 5.65. The maximum atomic E-state index is 13.2. The highest BCUT2D eigenvalue weighted by Gasteiger charge is 2.43. The highest BCUT2D eigenvalue weighted by molar-refractivity contribution is 6.02. The van der Waals surface area contributed by atoms with E-state index in [-0.39, 0.29) is 17.1 Å². The molecule has 0 fully saturated rings. The summed E-state index contributed by atoms with van der Waals surface area (Å²) in [6.45, 7) is 6.73. The van der Waals surface area contributed by atoms with Gasteiger partial charge in [0.1, 0.15) is 11.5 Å². The Kier molecular flexibility index (Phi) is 5.54. The number of fused-ring (bicyclic) bond motifs is 1. The van der Waals surface area contributed by atoms with Crippen molar-refractivity contribution in [3.63, 3.8) is 0 Å². The number of benzene rings is 2. The molecule has 5 nitrogen and oxygen atoms in total. The van der Waals surface area contributed by atoms with E-state index in [1.807, 2.05) is 31.2 Å². The van der Waals surface area contributed by atoms with Gasteiger partial charge in [0.15, 0.2) is 17.3 Å². The molecule has 2 aromatic rings. The molecule has 0 aliphatic heterocycles. The van der Waals surface area contributed by atoms with Gasteiger partial charge in [0.05, 0.1) is 33.5 Å². The first kappa shape index (κ1) is 20.1. The largest absolute Gasteiger partial charge is 0.497 e. The van der Waals surface area contributed by atoms with E-state index >= 15 is 0 Å². The first-order chi connectivity index (χ1) is 13.4. The van der Waals surface area contributed by atoms with E-state index in [1.165, 1.54) is 0 Å². The second-order valence-corrected chi connectivity index (χ2v) is 7.50. The summed E-state index contributed by atoms with van der Waals surface area (Å²) < 4.78 is 22.1. The minimum absolute atomic E-state index is 0.00566. The van der Waals surface area contributed by atoms with Crippen LogP contribution in [0, 0.1) is 0 Å². The molecule has 2 aromatic carbocycles. The van der Waals surface area contributed by atoms with Gasteiger partial charge in [-0.05, 0) is 41.7 Å². The lowest BCUT2D eigenvalue weighted by atomic mass is 9.62. The van der Waals surface area contributed by atoms with Crippen molar-refractivity contribution in [2.45, 2.75) is 38.5 Å². The van der Waals surface area contributed by atoms with Gasteiger partial charge in [-0.15, -0.1) is 0 Å². The third-order valence-electron chi connectivity index (χ3n) is 5.65. The van der Waals surface area contributed by atoms with Crippen LogP contribution in [0.25, 0.3) is 0 Å². The summed E-state index contributed by atoms with van der Waals surface area (Å²) in [6, 6.07) is 9.62. The monoisotopic (exact) mass is 384 g/mol. The summed E-state index contributed by atoms with van der Waals surface area (Å²) in [6.07, 6.45) is 0.405. The van der Waals surface area contributed by atoms with Crippen molar-refractivity contribution in [3.05, 3.63) is 47.0 Å². The molecule has 0 saturated heterocycles. The highest BCUT2D eigenvalue weighted by atomic mass is 16.5. The zero-order valence-electron chi connectivity index (χ0n) is 17.4. The summed E-state index contributed by atoms with van der Waals surface area (Å²) in [7, 11) is 4.86. The average molecular weight is 384 g/mol. The summed E-state index contributed by atoms with van der Waals surface area (Å²) in [5.41, 5.74) is 2.36. The normalized spacial score (nSPS) is 17.6. The first-order valence-corrected chi connectivity index (χ1v) is 9.47. The zero-order chi connectivity index (χ0) is 20.5. The predicted molar refractivity (Wildman–Crippen MR) is 108 cm³/mol. The van der Waals surface area contributed by atoms with E-state index in [4.69, 9.17) is 18.9 Å². The average Bonchev–Trinajstić information content (AvgIpc) is 2.70. The topological polar surface area (TPSA) is 54.0 Å². The number of carbonyl (C=O) groups is 1. The van der Waals surface area contributed by atoms with Gasteiger partial charge in [-0.25, -0.2) is 0 Å². The van der Waals surface area contributed by atoms with E-state index in [9.17, 15) is 4.79 Å². The zero-order valence-corrected chi connectivity index (χ0v) is 17.4. The number of ketones is 1. The molecule has 0 radical (unpaired) electrons. The fourth-order valence-electron chi connectivity index (χ4n) is 4.11. The lowest BCUT2D eigenvalue weighted by Gasteiger charge is -2.41. The molecule has 0 heterocycles. The van der Waals surface area contributed by atoms with E-state index in [0.717, 1.165) is 11.1 Å². The Labute approximate surface area is 166 Å². The number of methoxy groups -OCH3 is 3. The van der Waals surface area contributed by atoms with Crippen molar-refractivity contribution in [2.75, 3.05) is 27.9 Å². The number of rotatable bonds is 6. The van der Waals surface area contributed by atoms with Gasteiger partial charge in [0.2, 0.25) is 0 Å². The molecule has 0 bridgehead atoms. The van der Waals surface area contributed by atoms with Crippen LogP contribution in [-0.2, 0) is 5.41 Å². The summed E-state index contributed by atoms with van der Waals surface area (Å²) in [4.78, 5) is 13.2. The Morgan fingerprint density at radius 3 is 2.29 bits per heavy atom. The molecule has 0 saturated carbocycles. The number of hydrogen-bond acceptors (Lipinski definition) is 5. The van der Waals surface area contributed by atoms with Gasteiger partial charge < -0.3 is 18.9 Å². The molecule has 1 aliphatic carbocycles. The van der Waals surface area contributed by atoms with E-state index < -0.39 is 0 Å². The van der Waals surface area contributed by atoms with Crippen LogP contribution in [0.3, 0.4) is 0 Å². The molecule has 0 N–H and O–H groups in total. The lowest BCUT2D eigenvalue weighted by Crippen LogP contribution is -2.35. The Hall–Kier alpha value is -2.69. The van der Waals surface area contributed by atoms with Crippen LogP contribution in [0.1, 0.15) is 54.6 Å². The molecular formula is C23H28O5. The van der Waals surface area contributed by atoms with E-state index in [2.05, 4.69) is 13.8 Å². The van der Waals surface area contributed by atoms with Crippen LogP contribution in [-0.4, -0.2) is 33.7 Å². The minimum atomic E-state index is -0.302. The lowest BCUT2D eigenvalue weighted by molar-refractivity contribution is 0.0937. The number of hydrogen-bond donors (Lipinski definition) is 0. The minimum Gasteiger partial charge on any atom is -0.497 e. The van der Waals surface area contributed by atoms with Crippen LogP contribution in [0.15, 0.2) is 30.3 Å². The number of ether oxygens (including phenoxy) is 4. The second-order valence-electron chi connectivity index (χ2n) is 7.50. The van der Waals surface area contributed by atoms with Gasteiger partial charge in [-0.3, -0.25) is 4.79 Å². The smallest absolute Gasteiger partial charge is 0.167 e. The standard InChI is InChI=1S/C23H28O5/c1-7-28-21-12-15(25-4)11-17-22(21)18(24)13-16(23(17,2)3)14-8-9-19(26-5)20(10-14)27-6/h8-12,16H,7,13H2,1-6H3. The van der Waals surface area contributed by atoms with Crippen LogP contribution in [0.4, 0.5) is 0 Å². The van der Waals surface area contributed by atoms with Crippen LogP contribution >= 0.6 is 0 Å². The fraction of sp³-hybridized carbons (Fsp3) is 0.435. The summed E-state index contributed by atoms with van der Waals surface area (Å²) >= 11 is 0. The predicted octanol–water partition coefficient (Wildman–Crippen LogP) is 4.76. The van der Waals surface area contributed by atoms with E-state index in [1.54, 1.807) is 27.4 Å². The molecule has 1 aliphatic rings. The van der Waals surface area contributed by atoms with Crippen LogP contribution in [0.2, 0.25) is 0 Å².